The van der Waals surface area contributed by atoms with Crippen LogP contribution in [0.15, 0.2) is 23.0 Å². The lowest BCUT2D eigenvalue weighted by Gasteiger charge is -2.33. The van der Waals surface area contributed by atoms with E-state index in [1.165, 1.54) is 6.07 Å². The second kappa shape index (κ2) is 7.13. The smallest absolute Gasteiger partial charge is 0.341 e. The van der Waals surface area contributed by atoms with Crippen LogP contribution in [0.3, 0.4) is 0 Å². The van der Waals surface area contributed by atoms with Gasteiger partial charge in [-0.25, -0.2) is 4.79 Å². The van der Waals surface area contributed by atoms with Gasteiger partial charge in [0.15, 0.2) is 11.5 Å². The van der Waals surface area contributed by atoms with Crippen molar-refractivity contribution in [3.8, 4) is 28.5 Å². The molecule has 0 amide bonds. The number of methoxy groups -OCH3 is 1. The van der Waals surface area contributed by atoms with E-state index in [1.54, 1.807) is 17.7 Å². The predicted octanol–water partition coefficient (Wildman–Crippen LogP) is 4.05. The van der Waals surface area contributed by atoms with Crippen molar-refractivity contribution in [1.82, 2.24) is 4.57 Å². The van der Waals surface area contributed by atoms with Gasteiger partial charge >= 0.3 is 5.97 Å². The first-order chi connectivity index (χ1) is 13.9. The number of benzene rings is 1. The molecule has 1 atom stereocenters. The number of hydrogen-bond acceptors (Lipinski definition) is 5. The second-order valence-electron chi connectivity index (χ2n) is 7.79. The highest BCUT2D eigenvalue weighted by Gasteiger charge is 2.38. The Hall–Kier alpha value is -2.96. The Morgan fingerprint density at radius 2 is 2.00 bits per heavy atom. The largest absolute Gasteiger partial charge is 0.493 e. The first kappa shape index (κ1) is 19.4. The molecule has 1 N–H and O–H groups in total. The number of carboxylic acid groups (broad SMARTS) is 1. The monoisotopic (exact) mass is 399 g/mol. The molecule has 4 rings (SSSR count). The molecular formula is C22H25NO6. The minimum absolute atomic E-state index is 0.00637. The van der Waals surface area contributed by atoms with E-state index in [9.17, 15) is 14.7 Å². The van der Waals surface area contributed by atoms with Crippen molar-refractivity contribution < 1.29 is 24.1 Å². The van der Waals surface area contributed by atoms with E-state index in [-0.39, 0.29) is 23.6 Å². The number of ether oxygens (including phenoxy) is 3. The molecule has 1 fully saturated rings. The fraction of sp³-hybridized carbons (Fsp3) is 0.455. The normalized spacial score (nSPS) is 17.3. The average molecular weight is 399 g/mol. The standard InChI is InChI=1S/C22H25NO6/c1-5-28-18-10-16-13(9-17(18)27-4)19-14(20(29-16)11(2)3)8-15(22(25)26)21(24)23(19)12-6-7-12/h8-12,20H,5-7H2,1-4H3,(H,25,26). The molecular weight excluding hydrogens is 374 g/mol. The molecule has 0 saturated heterocycles. The number of aromatic carboxylic acids is 1. The van der Waals surface area contributed by atoms with Crippen molar-refractivity contribution in [2.75, 3.05) is 13.7 Å². The van der Waals surface area contributed by atoms with Crippen LogP contribution in [0.4, 0.5) is 0 Å². The third kappa shape index (κ3) is 3.14. The first-order valence-corrected chi connectivity index (χ1v) is 9.91. The van der Waals surface area contributed by atoms with Gasteiger partial charge in [0.1, 0.15) is 17.4 Å². The highest BCUT2D eigenvalue weighted by atomic mass is 16.5. The number of nitrogens with zero attached hydrogens (tertiary/aromatic N) is 1. The van der Waals surface area contributed by atoms with Crippen LogP contribution >= 0.6 is 0 Å². The van der Waals surface area contributed by atoms with E-state index in [2.05, 4.69) is 0 Å². The molecule has 1 aromatic carbocycles. The maximum atomic E-state index is 13.1. The third-order valence-electron chi connectivity index (χ3n) is 5.39. The average Bonchev–Trinajstić information content (AvgIpc) is 3.51. The highest BCUT2D eigenvalue weighted by molar-refractivity contribution is 5.89. The van der Waals surface area contributed by atoms with Gasteiger partial charge in [-0.05, 0) is 37.8 Å². The molecule has 1 aromatic heterocycles. The van der Waals surface area contributed by atoms with Gasteiger partial charge in [0.2, 0.25) is 0 Å². The van der Waals surface area contributed by atoms with Gasteiger partial charge in [0.05, 0.1) is 19.4 Å². The second-order valence-corrected chi connectivity index (χ2v) is 7.79. The molecule has 7 nitrogen and oxygen atoms in total. The molecule has 7 heteroatoms. The zero-order chi connectivity index (χ0) is 20.9. The summed E-state index contributed by atoms with van der Waals surface area (Å²) in [5.74, 6) is 0.580. The summed E-state index contributed by atoms with van der Waals surface area (Å²) < 4.78 is 19.1. The van der Waals surface area contributed by atoms with Crippen LogP contribution in [-0.2, 0) is 0 Å². The zero-order valence-electron chi connectivity index (χ0n) is 17.0. The van der Waals surface area contributed by atoms with Crippen LogP contribution in [0.5, 0.6) is 17.2 Å². The van der Waals surface area contributed by atoms with Gasteiger partial charge in [-0.2, -0.15) is 0 Å². The molecule has 1 saturated carbocycles. The van der Waals surface area contributed by atoms with Gasteiger partial charge in [-0.1, -0.05) is 13.8 Å². The molecule has 0 spiro atoms. The van der Waals surface area contributed by atoms with Crippen molar-refractivity contribution in [2.45, 2.75) is 45.8 Å². The highest BCUT2D eigenvalue weighted by Crippen LogP contribution is 2.50. The number of rotatable bonds is 6. The fourth-order valence-electron chi connectivity index (χ4n) is 3.94. The van der Waals surface area contributed by atoms with E-state index >= 15 is 0 Å². The Morgan fingerprint density at radius 3 is 2.55 bits per heavy atom. The van der Waals surface area contributed by atoms with Gasteiger partial charge in [-0.3, -0.25) is 4.79 Å². The molecule has 2 aliphatic rings. The van der Waals surface area contributed by atoms with Crippen molar-refractivity contribution in [3.63, 3.8) is 0 Å². The number of fused-ring (bicyclic) bond motifs is 3. The van der Waals surface area contributed by atoms with Crippen molar-refractivity contribution in [2.24, 2.45) is 5.92 Å². The molecule has 1 aliphatic carbocycles. The van der Waals surface area contributed by atoms with Gasteiger partial charge in [-0.15, -0.1) is 0 Å². The topological polar surface area (TPSA) is 87.0 Å². The summed E-state index contributed by atoms with van der Waals surface area (Å²) in [4.78, 5) is 24.8. The van der Waals surface area contributed by atoms with E-state index in [1.807, 2.05) is 26.8 Å². The van der Waals surface area contributed by atoms with Gasteiger partial charge < -0.3 is 23.9 Å². The lowest BCUT2D eigenvalue weighted by atomic mass is 9.89. The van der Waals surface area contributed by atoms with Crippen molar-refractivity contribution in [1.29, 1.82) is 0 Å². The van der Waals surface area contributed by atoms with Crippen LogP contribution in [0, 0.1) is 5.92 Å². The Bertz CT molecular complexity index is 1030. The van der Waals surface area contributed by atoms with Crippen LogP contribution < -0.4 is 19.8 Å². The molecule has 0 radical (unpaired) electrons. The SMILES string of the molecule is CCOc1cc2c(cc1OC)-c1c(cc(C(=O)O)c(=O)n1C1CC1)C(C(C)C)O2. The fourth-order valence-corrected chi connectivity index (χ4v) is 3.94. The molecule has 2 heterocycles. The summed E-state index contributed by atoms with van der Waals surface area (Å²) in [6, 6.07) is 5.10. The lowest BCUT2D eigenvalue weighted by molar-refractivity contribution is 0.0693. The van der Waals surface area contributed by atoms with E-state index in [0.717, 1.165) is 29.7 Å². The number of carboxylic acids is 1. The number of carbonyl (C=O) groups is 1. The summed E-state index contributed by atoms with van der Waals surface area (Å²) in [6.07, 6.45) is 1.34. The summed E-state index contributed by atoms with van der Waals surface area (Å²) >= 11 is 0. The maximum Gasteiger partial charge on any atom is 0.341 e. The maximum absolute atomic E-state index is 13.1. The van der Waals surface area contributed by atoms with Gasteiger partial charge in [0, 0.05) is 23.2 Å². The number of aromatic nitrogens is 1. The summed E-state index contributed by atoms with van der Waals surface area (Å²) in [7, 11) is 1.56. The Kier molecular flexibility index (Phi) is 4.76. The summed E-state index contributed by atoms with van der Waals surface area (Å²) in [6.45, 7) is 6.40. The van der Waals surface area contributed by atoms with Crippen molar-refractivity contribution in [3.05, 3.63) is 39.7 Å². The molecule has 1 unspecified atom stereocenters. The van der Waals surface area contributed by atoms with Crippen LogP contribution in [-0.4, -0.2) is 29.4 Å². The summed E-state index contributed by atoms with van der Waals surface area (Å²) in [5, 5.41) is 9.60. The minimum atomic E-state index is -1.22. The number of pyridine rings is 1. The van der Waals surface area contributed by atoms with Crippen LogP contribution in [0.25, 0.3) is 11.3 Å². The Morgan fingerprint density at radius 1 is 1.28 bits per heavy atom. The molecule has 0 bridgehead atoms. The van der Waals surface area contributed by atoms with Crippen LogP contribution in [0.1, 0.15) is 61.7 Å². The molecule has 2 aromatic rings. The zero-order valence-corrected chi connectivity index (χ0v) is 17.0. The summed E-state index contributed by atoms with van der Waals surface area (Å²) in [5.41, 5.74) is 1.48. The molecule has 154 valence electrons. The van der Waals surface area contributed by atoms with E-state index in [0.29, 0.717) is 23.9 Å². The van der Waals surface area contributed by atoms with E-state index in [4.69, 9.17) is 14.2 Å². The number of hydrogen-bond donors (Lipinski definition) is 1. The van der Waals surface area contributed by atoms with E-state index < -0.39 is 11.5 Å². The first-order valence-electron chi connectivity index (χ1n) is 9.91. The van der Waals surface area contributed by atoms with Crippen molar-refractivity contribution >= 4 is 5.97 Å². The quantitative estimate of drug-likeness (QED) is 0.789. The predicted molar refractivity (Wildman–Crippen MR) is 107 cm³/mol. The minimum Gasteiger partial charge on any atom is -0.493 e. The Balaban J connectivity index is 2.06. The third-order valence-corrected chi connectivity index (χ3v) is 5.39. The molecule has 29 heavy (non-hydrogen) atoms. The lowest BCUT2D eigenvalue weighted by Crippen LogP contribution is -2.32. The van der Waals surface area contributed by atoms with Gasteiger partial charge in [0.25, 0.3) is 5.56 Å². The van der Waals surface area contributed by atoms with Crippen LogP contribution in [0.2, 0.25) is 0 Å². The Labute approximate surface area is 168 Å². The molecule has 1 aliphatic heterocycles.